The van der Waals surface area contributed by atoms with Crippen molar-refractivity contribution in [2.45, 2.75) is 6.92 Å². The number of fused-ring (bicyclic) bond motifs is 1. The van der Waals surface area contributed by atoms with Crippen molar-refractivity contribution in [3.8, 4) is 5.75 Å². The summed E-state index contributed by atoms with van der Waals surface area (Å²) in [6.07, 6.45) is 0. The molecule has 0 radical (unpaired) electrons. The van der Waals surface area contributed by atoms with E-state index in [1.54, 1.807) is 6.07 Å². The largest absolute Gasteiger partial charge is 0.506 e. The molecule has 0 unspecified atom stereocenters. The first-order valence-corrected chi connectivity index (χ1v) is 4.63. The summed E-state index contributed by atoms with van der Waals surface area (Å²) in [5, 5.41) is 12.9. The highest BCUT2D eigenvalue weighted by Crippen LogP contribution is 2.36. The van der Waals surface area contributed by atoms with Gasteiger partial charge in [0.25, 0.3) is 0 Å². The Morgan fingerprint density at radius 3 is 3.15 bits per heavy atom. The molecule has 0 bridgehead atoms. The Bertz CT molecular complexity index is 312. The number of phenolic OH excluding ortho intramolecular Hbond substituents is 1. The molecule has 3 heteroatoms. The molecule has 1 aromatic carbocycles. The van der Waals surface area contributed by atoms with Gasteiger partial charge in [0.2, 0.25) is 0 Å². The highest BCUT2D eigenvalue weighted by atomic mass is 16.3. The zero-order valence-electron chi connectivity index (χ0n) is 7.75. The standard InChI is InChI=1S/C10H14N2O/c1-2-12-7-6-11-8-4-3-5-9(13)10(8)12/h3-5,11,13H,2,6-7H2,1H3. The van der Waals surface area contributed by atoms with Gasteiger partial charge in [-0.05, 0) is 19.1 Å². The fraction of sp³-hybridized carbons (Fsp3) is 0.400. The first kappa shape index (κ1) is 8.23. The van der Waals surface area contributed by atoms with E-state index in [0.29, 0.717) is 5.75 Å². The molecule has 3 nitrogen and oxygen atoms in total. The number of likely N-dealkylation sites (N-methyl/N-ethyl adjacent to an activating group) is 1. The fourth-order valence-corrected chi connectivity index (χ4v) is 1.76. The van der Waals surface area contributed by atoms with Crippen LogP contribution in [0.15, 0.2) is 18.2 Å². The van der Waals surface area contributed by atoms with Crippen molar-refractivity contribution >= 4 is 11.4 Å². The van der Waals surface area contributed by atoms with E-state index in [9.17, 15) is 5.11 Å². The van der Waals surface area contributed by atoms with Gasteiger partial charge in [-0.3, -0.25) is 0 Å². The number of hydrogen-bond acceptors (Lipinski definition) is 3. The number of aromatic hydroxyl groups is 1. The highest BCUT2D eigenvalue weighted by Gasteiger charge is 2.17. The number of rotatable bonds is 1. The van der Waals surface area contributed by atoms with E-state index in [4.69, 9.17) is 0 Å². The van der Waals surface area contributed by atoms with Crippen LogP contribution in [0.1, 0.15) is 6.92 Å². The third-order valence-corrected chi connectivity index (χ3v) is 2.41. The molecule has 1 aromatic rings. The van der Waals surface area contributed by atoms with Crippen LogP contribution in [0.2, 0.25) is 0 Å². The van der Waals surface area contributed by atoms with Crippen molar-refractivity contribution in [2.75, 3.05) is 29.9 Å². The van der Waals surface area contributed by atoms with Crippen molar-refractivity contribution in [1.29, 1.82) is 0 Å². The van der Waals surface area contributed by atoms with Gasteiger partial charge in [0.15, 0.2) is 0 Å². The average molecular weight is 178 g/mol. The van der Waals surface area contributed by atoms with E-state index in [0.717, 1.165) is 31.0 Å². The van der Waals surface area contributed by atoms with Crippen LogP contribution in [0, 0.1) is 0 Å². The average Bonchev–Trinajstić information content (AvgIpc) is 2.17. The molecule has 0 amide bonds. The van der Waals surface area contributed by atoms with Crippen molar-refractivity contribution in [1.82, 2.24) is 0 Å². The van der Waals surface area contributed by atoms with Gasteiger partial charge in [-0.2, -0.15) is 0 Å². The molecule has 1 aliphatic rings. The lowest BCUT2D eigenvalue weighted by atomic mass is 10.2. The van der Waals surface area contributed by atoms with Gasteiger partial charge in [0, 0.05) is 19.6 Å². The van der Waals surface area contributed by atoms with Crippen molar-refractivity contribution < 1.29 is 5.11 Å². The number of nitrogens with zero attached hydrogens (tertiary/aromatic N) is 1. The first-order valence-electron chi connectivity index (χ1n) is 4.63. The molecule has 0 aliphatic carbocycles. The first-order chi connectivity index (χ1) is 6.33. The minimum atomic E-state index is 0.367. The molecule has 2 N–H and O–H groups in total. The summed E-state index contributed by atoms with van der Waals surface area (Å²) in [5.41, 5.74) is 1.98. The second-order valence-corrected chi connectivity index (χ2v) is 3.18. The van der Waals surface area contributed by atoms with Crippen LogP contribution in [-0.2, 0) is 0 Å². The van der Waals surface area contributed by atoms with Crippen LogP contribution in [0.25, 0.3) is 0 Å². The van der Waals surface area contributed by atoms with Gasteiger partial charge >= 0.3 is 0 Å². The Hall–Kier alpha value is -1.38. The Morgan fingerprint density at radius 1 is 1.54 bits per heavy atom. The van der Waals surface area contributed by atoms with Gasteiger partial charge in [0.05, 0.1) is 5.69 Å². The minimum Gasteiger partial charge on any atom is -0.506 e. The molecular formula is C10H14N2O. The van der Waals surface area contributed by atoms with Gasteiger partial charge in [-0.15, -0.1) is 0 Å². The fourth-order valence-electron chi connectivity index (χ4n) is 1.76. The van der Waals surface area contributed by atoms with Crippen molar-refractivity contribution in [3.05, 3.63) is 18.2 Å². The number of benzene rings is 1. The van der Waals surface area contributed by atoms with Gasteiger partial charge in [-0.1, -0.05) is 6.07 Å². The molecule has 0 atom stereocenters. The number of hydrogen-bond donors (Lipinski definition) is 2. The van der Waals surface area contributed by atoms with Gasteiger partial charge < -0.3 is 15.3 Å². The van der Waals surface area contributed by atoms with E-state index >= 15 is 0 Å². The number of para-hydroxylation sites is 1. The maximum Gasteiger partial charge on any atom is 0.141 e. The summed E-state index contributed by atoms with van der Waals surface area (Å²) in [6, 6.07) is 5.59. The summed E-state index contributed by atoms with van der Waals surface area (Å²) < 4.78 is 0. The Balaban J connectivity index is 2.47. The molecule has 1 aliphatic heterocycles. The van der Waals surface area contributed by atoms with E-state index in [1.807, 2.05) is 12.1 Å². The molecule has 0 saturated heterocycles. The topological polar surface area (TPSA) is 35.5 Å². The minimum absolute atomic E-state index is 0.367. The SMILES string of the molecule is CCN1CCNc2cccc(O)c21. The monoisotopic (exact) mass is 178 g/mol. The molecule has 13 heavy (non-hydrogen) atoms. The van der Waals surface area contributed by atoms with Crippen molar-refractivity contribution in [3.63, 3.8) is 0 Å². The number of anilines is 2. The molecule has 0 fully saturated rings. The van der Waals surface area contributed by atoms with Crippen LogP contribution in [0.4, 0.5) is 11.4 Å². The molecular weight excluding hydrogens is 164 g/mol. The van der Waals surface area contributed by atoms with E-state index in [-0.39, 0.29) is 0 Å². The predicted molar refractivity (Wildman–Crippen MR) is 54.5 cm³/mol. The summed E-state index contributed by atoms with van der Waals surface area (Å²) >= 11 is 0. The number of nitrogens with one attached hydrogen (secondary N) is 1. The van der Waals surface area contributed by atoms with E-state index in [2.05, 4.69) is 17.1 Å². The Kier molecular flexibility index (Phi) is 2.00. The number of phenols is 1. The van der Waals surface area contributed by atoms with Crippen LogP contribution < -0.4 is 10.2 Å². The van der Waals surface area contributed by atoms with Gasteiger partial charge in [-0.25, -0.2) is 0 Å². The molecule has 0 spiro atoms. The predicted octanol–water partition coefficient (Wildman–Crippen LogP) is 1.64. The van der Waals surface area contributed by atoms with Crippen LogP contribution in [-0.4, -0.2) is 24.7 Å². The highest BCUT2D eigenvalue weighted by molar-refractivity contribution is 5.77. The van der Waals surface area contributed by atoms with E-state index in [1.165, 1.54) is 0 Å². The lowest BCUT2D eigenvalue weighted by molar-refractivity contribution is 0.473. The van der Waals surface area contributed by atoms with E-state index < -0.39 is 0 Å². The van der Waals surface area contributed by atoms with Gasteiger partial charge in [0.1, 0.15) is 11.4 Å². The normalized spacial score (nSPS) is 15.0. The maximum absolute atomic E-state index is 9.68. The van der Waals surface area contributed by atoms with Crippen LogP contribution >= 0.6 is 0 Å². The smallest absolute Gasteiger partial charge is 0.141 e. The molecule has 1 heterocycles. The molecule has 70 valence electrons. The zero-order valence-corrected chi connectivity index (χ0v) is 7.75. The summed E-state index contributed by atoms with van der Waals surface area (Å²) in [7, 11) is 0. The third kappa shape index (κ3) is 1.30. The lowest BCUT2D eigenvalue weighted by Gasteiger charge is -2.31. The Labute approximate surface area is 78.0 Å². The zero-order chi connectivity index (χ0) is 9.26. The lowest BCUT2D eigenvalue weighted by Crippen LogP contribution is -2.33. The second kappa shape index (κ2) is 3.17. The van der Waals surface area contributed by atoms with Crippen molar-refractivity contribution in [2.24, 2.45) is 0 Å². The molecule has 0 aromatic heterocycles. The third-order valence-electron chi connectivity index (χ3n) is 2.41. The summed E-state index contributed by atoms with van der Waals surface area (Å²) in [5.74, 6) is 0.367. The summed E-state index contributed by atoms with van der Waals surface area (Å²) in [6.45, 7) is 4.94. The van der Waals surface area contributed by atoms with Crippen LogP contribution in [0.3, 0.4) is 0 Å². The quantitative estimate of drug-likeness (QED) is 0.686. The molecule has 2 rings (SSSR count). The second-order valence-electron chi connectivity index (χ2n) is 3.18. The summed E-state index contributed by atoms with van der Waals surface area (Å²) in [4.78, 5) is 2.18. The van der Waals surface area contributed by atoms with Crippen LogP contribution in [0.5, 0.6) is 5.75 Å². The molecule has 0 saturated carbocycles. The Morgan fingerprint density at radius 2 is 2.38 bits per heavy atom. The maximum atomic E-state index is 9.68.